The zero-order valence-electron chi connectivity index (χ0n) is 12.2. The molecule has 20 heavy (non-hydrogen) atoms. The molecule has 0 bridgehead atoms. The van der Waals surface area contributed by atoms with Crippen molar-refractivity contribution in [1.82, 2.24) is 9.78 Å². The molecule has 1 aromatic carbocycles. The molecule has 0 spiro atoms. The molecular weight excluding hydrogens is 246 g/mol. The molecule has 1 fully saturated rings. The fourth-order valence-electron chi connectivity index (χ4n) is 3.16. The minimum atomic E-state index is 0.526. The molecule has 1 saturated carbocycles. The van der Waals surface area contributed by atoms with Gasteiger partial charge in [0.1, 0.15) is 5.69 Å². The smallest absolute Gasteiger partial charge is 0.115 e. The van der Waals surface area contributed by atoms with Gasteiger partial charge in [0, 0.05) is 11.8 Å². The average molecular weight is 269 g/mol. The first kappa shape index (κ1) is 13.2. The van der Waals surface area contributed by atoms with E-state index in [1.165, 1.54) is 44.1 Å². The lowest BCUT2D eigenvalue weighted by molar-refractivity contribution is 0.406. The molecule has 2 N–H and O–H groups in total. The average Bonchev–Trinajstić information content (AvgIpc) is 2.67. The van der Waals surface area contributed by atoms with Gasteiger partial charge in [-0.3, -0.25) is 4.68 Å². The van der Waals surface area contributed by atoms with E-state index in [0.717, 1.165) is 16.9 Å². The van der Waals surface area contributed by atoms with E-state index in [9.17, 15) is 0 Å². The van der Waals surface area contributed by atoms with Crippen molar-refractivity contribution in [2.75, 3.05) is 5.73 Å². The van der Waals surface area contributed by atoms with E-state index in [1.54, 1.807) is 0 Å². The predicted molar refractivity (Wildman–Crippen MR) is 83.6 cm³/mol. The summed E-state index contributed by atoms with van der Waals surface area (Å²) >= 11 is 0. The van der Waals surface area contributed by atoms with Gasteiger partial charge in [0.15, 0.2) is 0 Å². The zero-order chi connectivity index (χ0) is 13.9. The van der Waals surface area contributed by atoms with Crippen LogP contribution in [0.2, 0.25) is 0 Å². The Balaban J connectivity index is 1.93. The van der Waals surface area contributed by atoms with Gasteiger partial charge in [0.2, 0.25) is 0 Å². The highest BCUT2D eigenvalue weighted by Gasteiger charge is 2.18. The molecule has 0 amide bonds. The minimum absolute atomic E-state index is 0.526. The number of rotatable bonds is 2. The standard InChI is InChI=1S/C17H23N3/c1-13-8-6-7-11-15(13)17-16(18)12-20(19-17)14-9-4-2-3-5-10-14/h6-8,11-12,14H,2-5,9-10,18H2,1H3. The van der Waals surface area contributed by atoms with E-state index in [1.807, 2.05) is 12.3 Å². The molecule has 3 rings (SSSR count). The summed E-state index contributed by atoms with van der Waals surface area (Å²) in [6.45, 7) is 2.11. The van der Waals surface area contributed by atoms with Crippen molar-refractivity contribution >= 4 is 5.69 Å². The van der Waals surface area contributed by atoms with Crippen LogP contribution in [0.15, 0.2) is 30.5 Å². The summed E-state index contributed by atoms with van der Waals surface area (Å²) < 4.78 is 2.11. The molecule has 0 atom stereocenters. The van der Waals surface area contributed by atoms with Crippen molar-refractivity contribution in [3.63, 3.8) is 0 Å². The highest BCUT2D eigenvalue weighted by atomic mass is 15.3. The summed E-state index contributed by atoms with van der Waals surface area (Å²) in [7, 11) is 0. The molecule has 3 nitrogen and oxygen atoms in total. The topological polar surface area (TPSA) is 43.8 Å². The molecule has 0 radical (unpaired) electrons. The van der Waals surface area contributed by atoms with E-state index < -0.39 is 0 Å². The second kappa shape index (κ2) is 5.70. The number of nitrogen functional groups attached to an aromatic ring is 1. The first-order valence-corrected chi connectivity index (χ1v) is 7.66. The Hall–Kier alpha value is -1.77. The summed E-state index contributed by atoms with van der Waals surface area (Å²) in [6.07, 6.45) is 9.82. The third-order valence-corrected chi connectivity index (χ3v) is 4.36. The van der Waals surface area contributed by atoms with Crippen LogP contribution in [-0.2, 0) is 0 Å². The third-order valence-electron chi connectivity index (χ3n) is 4.36. The van der Waals surface area contributed by atoms with Crippen LogP contribution in [0.4, 0.5) is 5.69 Å². The fraction of sp³-hybridized carbons (Fsp3) is 0.471. The van der Waals surface area contributed by atoms with Crippen LogP contribution in [-0.4, -0.2) is 9.78 Å². The Labute approximate surface area is 120 Å². The van der Waals surface area contributed by atoms with Gasteiger partial charge >= 0.3 is 0 Å². The zero-order valence-corrected chi connectivity index (χ0v) is 12.2. The van der Waals surface area contributed by atoms with E-state index in [4.69, 9.17) is 10.8 Å². The van der Waals surface area contributed by atoms with E-state index in [-0.39, 0.29) is 0 Å². The van der Waals surface area contributed by atoms with Crippen LogP contribution in [0.1, 0.15) is 50.1 Å². The van der Waals surface area contributed by atoms with E-state index in [2.05, 4.69) is 29.8 Å². The fourth-order valence-corrected chi connectivity index (χ4v) is 3.16. The molecule has 0 unspecified atom stereocenters. The highest BCUT2D eigenvalue weighted by molar-refractivity contribution is 5.74. The molecule has 1 aliphatic rings. The van der Waals surface area contributed by atoms with Crippen LogP contribution in [0, 0.1) is 6.92 Å². The number of hydrogen-bond donors (Lipinski definition) is 1. The van der Waals surface area contributed by atoms with Gasteiger partial charge in [-0.05, 0) is 25.3 Å². The van der Waals surface area contributed by atoms with Crippen LogP contribution < -0.4 is 5.73 Å². The number of nitrogens with two attached hydrogens (primary N) is 1. The quantitative estimate of drug-likeness (QED) is 0.824. The summed E-state index contributed by atoms with van der Waals surface area (Å²) in [6, 6.07) is 8.84. The number of aromatic nitrogens is 2. The maximum absolute atomic E-state index is 6.20. The Morgan fingerprint density at radius 1 is 1.10 bits per heavy atom. The van der Waals surface area contributed by atoms with Crippen molar-refractivity contribution in [1.29, 1.82) is 0 Å². The molecule has 0 aliphatic heterocycles. The number of benzene rings is 1. The molecule has 106 valence electrons. The van der Waals surface area contributed by atoms with Gasteiger partial charge in [-0.2, -0.15) is 5.10 Å². The van der Waals surface area contributed by atoms with E-state index >= 15 is 0 Å². The largest absolute Gasteiger partial charge is 0.396 e. The maximum Gasteiger partial charge on any atom is 0.115 e. The molecular formula is C17H23N3. The van der Waals surface area contributed by atoms with Crippen LogP contribution in [0.5, 0.6) is 0 Å². The lowest BCUT2D eigenvalue weighted by Gasteiger charge is -2.14. The van der Waals surface area contributed by atoms with Gasteiger partial charge in [-0.25, -0.2) is 0 Å². The molecule has 0 saturated heterocycles. The lowest BCUT2D eigenvalue weighted by Crippen LogP contribution is -2.08. The van der Waals surface area contributed by atoms with Crippen molar-refractivity contribution in [3.05, 3.63) is 36.0 Å². The minimum Gasteiger partial charge on any atom is -0.396 e. The number of nitrogens with zero attached hydrogens (tertiary/aromatic N) is 2. The van der Waals surface area contributed by atoms with Gasteiger partial charge in [0.25, 0.3) is 0 Å². The maximum atomic E-state index is 6.20. The third kappa shape index (κ3) is 2.58. The van der Waals surface area contributed by atoms with Gasteiger partial charge in [-0.1, -0.05) is 49.9 Å². The second-order valence-corrected chi connectivity index (χ2v) is 5.87. The number of anilines is 1. The van der Waals surface area contributed by atoms with Crippen LogP contribution in [0.3, 0.4) is 0 Å². The number of aryl methyl sites for hydroxylation is 1. The molecule has 3 heteroatoms. The monoisotopic (exact) mass is 269 g/mol. The Morgan fingerprint density at radius 2 is 1.80 bits per heavy atom. The molecule has 1 heterocycles. The first-order chi connectivity index (χ1) is 9.75. The normalized spacial score (nSPS) is 17.1. The summed E-state index contributed by atoms with van der Waals surface area (Å²) in [5.41, 5.74) is 10.3. The van der Waals surface area contributed by atoms with Gasteiger partial charge in [0.05, 0.1) is 11.7 Å². The van der Waals surface area contributed by atoms with Crippen molar-refractivity contribution < 1.29 is 0 Å². The number of hydrogen-bond acceptors (Lipinski definition) is 2. The van der Waals surface area contributed by atoms with E-state index in [0.29, 0.717) is 6.04 Å². The van der Waals surface area contributed by atoms with Crippen molar-refractivity contribution in [2.24, 2.45) is 0 Å². The molecule has 2 aromatic rings. The SMILES string of the molecule is Cc1ccccc1-c1nn(C2CCCCCC2)cc1N. The summed E-state index contributed by atoms with van der Waals surface area (Å²) in [5, 5.41) is 4.80. The molecule has 1 aliphatic carbocycles. The Morgan fingerprint density at radius 3 is 2.50 bits per heavy atom. The lowest BCUT2D eigenvalue weighted by atomic mass is 10.1. The Bertz CT molecular complexity index is 578. The van der Waals surface area contributed by atoms with Crippen LogP contribution >= 0.6 is 0 Å². The van der Waals surface area contributed by atoms with Crippen LogP contribution in [0.25, 0.3) is 11.3 Å². The van der Waals surface area contributed by atoms with Crippen molar-refractivity contribution in [2.45, 2.75) is 51.5 Å². The predicted octanol–water partition coefficient (Wildman–Crippen LogP) is 4.34. The highest BCUT2D eigenvalue weighted by Crippen LogP contribution is 2.32. The Kier molecular flexibility index (Phi) is 3.77. The van der Waals surface area contributed by atoms with Gasteiger partial charge in [-0.15, -0.1) is 0 Å². The first-order valence-electron chi connectivity index (χ1n) is 7.66. The van der Waals surface area contributed by atoms with Crippen molar-refractivity contribution in [3.8, 4) is 11.3 Å². The second-order valence-electron chi connectivity index (χ2n) is 5.87. The summed E-state index contributed by atoms with van der Waals surface area (Å²) in [4.78, 5) is 0. The molecule has 1 aromatic heterocycles. The summed E-state index contributed by atoms with van der Waals surface area (Å²) in [5.74, 6) is 0. The van der Waals surface area contributed by atoms with Gasteiger partial charge < -0.3 is 5.73 Å².